The van der Waals surface area contributed by atoms with E-state index in [1.54, 1.807) is 18.2 Å². The van der Waals surface area contributed by atoms with Crippen molar-refractivity contribution < 1.29 is 18.3 Å². The summed E-state index contributed by atoms with van der Waals surface area (Å²) in [5.41, 5.74) is 0. The number of likely N-dealkylation sites (tertiary alicyclic amines) is 1. The van der Waals surface area contributed by atoms with Gasteiger partial charge in [0.05, 0.1) is 11.4 Å². The van der Waals surface area contributed by atoms with E-state index in [-0.39, 0.29) is 29.9 Å². The normalized spacial score (nSPS) is 16.2. The summed E-state index contributed by atoms with van der Waals surface area (Å²) in [7, 11) is -3.64. The maximum absolute atomic E-state index is 11.9. The first-order valence-electron chi connectivity index (χ1n) is 5.96. The fraction of sp³-hybridized carbons (Fsp3) is 0.417. The third-order valence-corrected chi connectivity index (χ3v) is 4.45. The Bertz CT molecular complexity index is 538. The van der Waals surface area contributed by atoms with Gasteiger partial charge in [-0.25, -0.2) is 13.1 Å². The number of sulfonamides is 1. The zero-order valence-electron chi connectivity index (χ0n) is 10.3. The topological polar surface area (TPSA) is 86.7 Å². The Morgan fingerprint density at radius 1 is 1.32 bits per heavy atom. The van der Waals surface area contributed by atoms with Crippen LogP contribution in [0, 0.1) is 5.92 Å². The lowest BCUT2D eigenvalue weighted by molar-refractivity contribution is -0.137. The lowest BCUT2D eigenvalue weighted by atomic mass is 10.0. The maximum Gasteiger partial charge on any atom is 0.241 e. The van der Waals surface area contributed by atoms with Crippen LogP contribution in [0.25, 0.3) is 0 Å². The van der Waals surface area contributed by atoms with Crippen LogP contribution in [-0.4, -0.2) is 50.6 Å². The molecule has 0 aromatic heterocycles. The molecule has 0 aliphatic carbocycles. The van der Waals surface area contributed by atoms with Gasteiger partial charge < -0.3 is 10.0 Å². The summed E-state index contributed by atoms with van der Waals surface area (Å²) in [5.74, 6) is -0.154. The Hall–Kier alpha value is -1.44. The molecule has 7 heteroatoms. The van der Waals surface area contributed by atoms with E-state index in [9.17, 15) is 13.2 Å². The fourth-order valence-corrected chi connectivity index (χ4v) is 2.84. The number of hydrogen-bond acceptors (Lipinski definition) is 4. The average Bonchev–Trinajstić information content (AvgIpc) is 2.36. The summed E-state index contributed by atoms with van der Waals surface area (Å²) in [5, 5.41) is 8.84. The molecule has 1 aromatic rings. The molecular formula is C12H16N2O4S. The minimum absolute atomic E-state index is 0.0551. The molecule has 1 heterocycles. The Morgan fingerprint density at radius 3 is 2.53 bits per heavy atom. The van der Waals surface area contributed by atoms with Gasteiger partial charge in [0.15, 0.2) is 0 Å². The number of carbonyl (C=O) groups is 1. The van der Waals surface area contributed by atoms with Crippen molar-refractivity contribution in [3.63, 3.8) is 0 Å². The number of aliphatic hydroxyl groups is 1. The molecule has 1 amide bonds. The molecule has 0 atom stereocenters. The number of carbonyl (C=O) groups excluding carboxylic acids is 1. The Labute approximate surface area is 112 Å². The smallest absolute Gasteiger partial charge is 0.241 e. The van der Waals surface area contributed by atoms with Crippen molar-refractivity contribution in [1.29, 1.82) is 0 Å². The quantitative estimate of drug-likeness (QED) is 0.757. The fourth-order valence-electron chi connectivity index (χ4n) is 1.84. The highest BCUT2D eigenvalue weighted by atomic mass is 32.2. The summed E-state index contributed by atoms with van der Waals surface area (Å²) in [6.07, 6.45) is 0. The predicted molar refractivity (Wildman–Crippen MR) is 68.8 cm³/mol. The SMILES string of the molecule is O=C(CNS(=O)(=O)c1ccccc1)N1CC(CO)C1. The van der Waals surface area contributed by atoms with Crippen molar-refractivity contribution in [3.8, 4) is 0 Å². The number of aliphatic hydroxyl groups excluding tert-OH is 1. The van der Waals surface area contributed by atoms with Crippen molar-refractivity contribution in [2.24, 2.45) is 5.92 Å². The van der Waals surface area contributed by atoms with Crippen LogP contribution in [-0.2, 0) is 14.8 Å². The number of hydrogen-bond donors (Lipinski definition) is 2. The number of nitrogens with one attached hydrogen (secondary N) is 1. The van der Waals surface area contributed by atoms with Gasteiger partial charge in [0.2, 0.25) is 15.9 Å². The van der Waals surface area contributed by atoms with E-state index < -0.39 is 10.0 Å². The van der Waals surface area contributed by atoms with Gasteiger partial charge in [-0.2, -0.15) is 0 Å². The van der Waals surface area contributed by atoms with E-state index in [2.05, 4.69) is 4.72 Å². The molecule has 0 bridgehead atoms. The van der Waals surface area contributed by atoms with Gasteiger partial charge in [-0.3, -0.25) is 4.79 Å². The Kier molecular flexibility index (Phi) is 4.18. The van der Waals surface area contributed by atoms with Gasteiger partial charge in [-0.05, 0) is 12.1 Å². The van der Waals surface area contributed by atoms with Crippen molar-refractivity contribution in [3.05, 3.63) is 30.3 Å². The molecule has 0 spiro atoms. The lowest BCUT2D eigenvalue weighted by Crippen LogP contribution is -2.54. The standard InChI is InChI=1S/C12H16N2O4S/c15-9-10-7-14(8-10)12(16)6-13-19(17,18)11-4-2-1-3-5-11/h1-5,10,13,15H,6-9H2. The molecule has 1 aliphatic rings. The summed E-state index contributed by atoms with van der Waals surface area (Å²) < 4.78 is 26.0. The van der Waals surface area contributed by atoms with Crippen LogP contribution in [0.1, 0.15) is 0 Å². The highest BCUT2D eigenvalue weighted by Gasteiger charge is 2.30. The van der Waals surface area contributed by atoms with Gasteiger partial charge in [0.1, 0.15) is 0 Å². The second-order valence-corrected chi connectivity index (χ2v) is 6.25. The third-order valence-electron chi connectivity index (χ3n) is 3.03. The molecule has 1 fully saturated rings. The van der Waals surface area contributed by atoms with E-state index in [0.717, 1.165) is 0 Å². The van der Waals surface area contributed by atoms with Gasteiger partial charge in [0.25, 0.3) is 0 Å². The predicted octanol–water partition coefficient (Wildman–Crippen LogP) is -0.584. The minimum atomic E-state index is -3.64. The zero-order valence-corrected chi connectivity index (χ0v) is 11.1. The first kappa shape index (κ1) is 14.0. The second-order valence-electron chi connectivity index (χ2n) is 4.48. The molecular weight excluding hydrogens is 268 g/mol. The first-order chi connectivity index (χ1) is 9.03. The molecule has 1 saturated heterocycles. The molecule has 0 unspecified atom stereocenters. The van der Waals surface area contributed by atoms with Gasteiger partial charge in [-0.1, -0.05) is 18.2 Å². The number of amides is 1. The van der Waals surface area contributed by atoms with Crippen LogP contribution in [0.4, 0.5) is 0 Å². The Balaban J connectivity index is 1.87. The van der Waals surface area contributed by atoms with Crippen LogP contribution in [0.2, 0.25) is 0 Å². The van der Waals surface area contributed by atoms with Crippen LogP contribution >= 0.6 is 0 Å². The molecule has 19 heavy (non-hydrogen) atoms. The van der Waals surface area contributed by atoms with Crippen molar-refractivity contribution in [1.82, 2.24) is 9.62 Å². The molecule has 2 N–H and O–H groups in total. The summed E-state index contributed by atoms with van der Waals surface area (Å²) >= 11 is 0. The van der Waals surface area contributed by atoms with E-state index in [1.807, 2.05) is 0 Å². The number of benzene rings is 1. The molecule has 1 aromatic carbocycles. The van der Waals surface area contributed by atoms with Gasteiger partial charge >= 0.3 is 0 Å². The van der Waals surface area contributed by atoms with E-state index >= 15 is 0 Å². The average molecular weight is 284 g/mol. The first-order valence-corrected chi connectivity index (χ1v) is 7.44. The highest BCUT2D eigenvalue weighted by molar-refractivity contribution is 7.89. The maximum atomic E-state index is 11.9. The van der Waals surface area contributed by atoms with Crippen LogP contribution in [0.5, 0.6) is 0 Å². The minimum Gasteiger partial charge on any atom is -0.396 e. The summed E-state index contributed by atoms with van der Waals surface area (Å²) in [6, 6.07) is 7.91. The van der Waals surface area contributed by atoms with E-state index in [0.29, 0.717) is 13.1 Å². The number of nitrogens with zero attached hydrogens (tertiary/aromatic N) is 1. The summed E-state index contributed by atoms with van der Waals surface area (Å²) in [6.45, 7) is 0.777. The van der Waals surface area contributed by atoms with E-state index in [4.69, 9.17) is 5.11 Å². The van der Waals surface area contributed by atoms with Crippen LogP contribution in [0.3, 0.4) is 0 Å². The summed E-state index contributed by atoms with van der Waals surface area (Å²) in [4.78, 5) is 13.3. The highest BCUT2D eigenvalue weighted by Crippen LogP contribution is 2.14. The molecule has 104 valence electrons. The van der Waals surface area contributed by atoms with Gasteiger partial charge in [0, 0.05) is 25.6 Å². The largest absolute Gasteiger partial charge is 0.396 e. The van der Waals surface area contributed by atoms with Crippen molar-refractivity contribution in [2.75, 3.05) is 26.2 Å². The second kappa shape index (κ2) is 5.68. The number of rotatable bonds is 5. The molecule has 0 radical (unpaired) electrons. The lowest BCUT2D eigenvalue weighted by Gasteiger charge is -2.38. The van der Waals surface area contributed by atoms with Crippen molar-refractivity contribution >= 4 is 15.9 Å². The molecule has 1 aliphatic heterocycles. The molecule has 0 saturated carbocycles. The third kappa shape index (κ3) is 3.31. The van der Waals surface area contributed by atoms with Crippen LogP contribution in [0.15, 0.2) is 35.2 Å². The van der Waals surface area contributed by atoms with Crippen LogP contribution < -0.4 is 4.72 Å². The molecule has 2 rings (SSSR count). The monoisotopic (exact) mass is 284 g/mol. The van der Waals surface area contributed by atoms with E-state index in [1.165, 1.54) is 17.0 Å². The van der Waals surface area contributed by atoms with Crippen molar-refractivity contribution in [2.45, 2.75) is 4.90 Å². The Morgan fingerprint density at radius 2 is 1.95 bits per heavy atom. The zero-order chi connectivity index (χ0) is 13.9. The van der Waals surface area contributed by atoms with Gasteiger partial charge in [-0.15, -0.1) is 0 Å². The molecule has 6 nitrogen and oxygen atoms in total.